The Morgan fingerprint density at radius 3 is 2.50 bits per heavy atom. The minimum Gasteiger partial charge on any atom is -0.494 e. The second-order valence-electron chi connectivity index (χ2n) is 6.03. The van der Waals surface area contributed by atoms with Crippen molar-refractivity contribution in [1.29, 1.82) is 5.26 Å². The smallest absolute Gasteiger partial charge is 0.262 e. The molecule has 1 aliphatic rings. The first-order valence-electron chi connectivity index (χ1n) is 7.92. The summed E-state index contributed by atoms with van der Waals surface area (Å²) in [5.74, 6) is 0.817. The molecule has 1 N–H and O–H groups in total. The molecule has 0 aliphatic heterocycles. The minimum atomic E-state index is -0.306. The Labute approximate surface area is 159 Å². The molecular formula is C18H20Br2N2O2. The highest BCUT2D eigenvalue weighted by atomic mass is 79.9. The van der Waals surface area contributed by atoms with E-state index in [1.807, 2.05) is 18.2 Å². The number of ether oxygens (including phenoxy) is 1. The van der Waals surface area contributed by atoms with Gasteiger partial charge in [-0.2, -0.15) is 5.26 Å². The average Bonchev–Trinajstić information content (AvgIpc) is 2.54. The van der Waals surface area contributed by atoms with E-state index in [-0.39, 0.29) is 17.5 Å². The Morgan fingerprint density at radius 1 is 1.33 bits per heavy atom. The van der Waals surface area contributed by atoms with Gasteiger partial charge in [0.2, 0.25) is 0 Å². The molecule has 6 heteroatoms. The Balaban J connectivity index is 2.19. The van der Waals surface area contributed by atoms with Gasteiger partial charge in [0.25, 0.3) is 5.91 Å². The highest BCUT2D eigenvalue weighted by Crippen LogP contribution is 2.35. The van der Waals surface area contributed by atoms with Crippen LogP contribution in [0.3, 0.4) is 0 Å². The lowest BCUT2D eigenvalue weighted by Gasteiger charge is -2.29. The van der Waals surface area contributed by atoms with E-state index in [0.29, 0.717) is 11.7 Å². The fraction of sp³-hybridized carbons (Fsp3) is 0.444. The number of nitrogens with one attached hydrogen (secondary N) is 1. The van der Waals surface area contributed by atoms with Gasteiger partial charge in [-0.15, -0.1) is 0 Å². The van der Waals surface area contributed by atoms with Crippen molar-refractivity contribution in [2.24, 2.45) is 5.92 Å². The molecule has 1 aliphatic carbocycles. The molecule has 1 fully saturated rings. The van der Waals surface area contributed by atoms with Gasteiger partial charge in [-0.1, -0.05) is 19.8 Å². The van der Waals surface area contributed by atoms with Crippen LogP contribution < -0.4 is 10.1 Å². The molecule has 0 radical (unpaired) electrons. The Hall–Kier alpha value is -1.32. The standard InChI is InChI=1S/C18H20Br2N2O2/c1-11-5-3-4-6-16(11)22-18(23)13(10-21)7-12-8-14(19)17(24-2)15(20)9-12/h7-9,11,16H,3-6H2,1-2H3,(H,22,23)/b13-7+. The molecule has 128 valence electrons. The summed E-state index contributed by atoms with van der Waals surface area (Å²) in [4.78, 5) is 12.4. The average molecular weight is 456 g/mol. The molecular weight excluding hydrogens is 436 g/mol. The second-order valence-corrected chi connectivity index (χ2v) is 7.74. The Kier molecular flexibility index (Phi) is 6.88. The molecule has 0 heterocycles. The van der Waals surface area contributed by atoms with Crippen molar-refractivity contribution in [1.82, 2.24) is 5.32 Å². The monoisotopic (exact) mass is 454 g/mol. The summed E-state index contributed by atoms with van der Waals surface area (Å²) in [7, 11) is 1.58. The van der Waals surface area contributed by atoms with Gasteiger partial charge in [0.1, 0.15) is 17.4 Å². The summed E-state index contributed by atoms with van der Waals surface area (Å²) in [6.07, 6.45) is 6.03. The molecule has 2 rings (SSSR count). The van der Waals surface area contributed by atoms with Crippen LogP contribution in [0, 0.1) is 17.2 Å². The molecule has 1 aromatic carbocycles. The van der Waals surface area contributed by atoms with Gasteiger partial charge in [0, 0.05) is 6.04 Å². The molecule has 2 atom stereocenters. The van der Waals surface area contributed by atoms with E-state index in [1.54, 1.807) is 13.2 Å². The first kappa shape index (κ1) is 19.0. The zero-order valence-electron chi connectivity index (χ0n) is 13.7. The zero-order chi connectivity index (χ0) is 17.7. The molecule has 0 aromatic heterocycles. The number of amides is 1. The Morgan fingerprint density at radius 2 is 1.96 bits per heavy atom. The number of hydrogen-bond acceptors (Lipinski definition) is 3. The number of rotatable bonds is 4. The van der Waals surface area contributed by atoms with Gasteiger partial charge in [-0.25, -0.2) is 0 Å². The largest absolute Gasteiger partial charge is 0.494 e. The Bertz CT molecular complexity index is 672. The van der Waals surface area contributed by atoms with Crippen molar-refractivity contribution in [3.05, 3.63) is 32.2 Å². The van der Waals surface area contributed by atoms with E-state index in [2.05, 4.69) is 44.1 Å². The third-order valence-electron chi connectivity index (χ3n) is 4.33. The van der Waals surface area contributed by atoms with Gasteiger partial charge in [-0.3, -0.25) is 4.79 Å². The van der Waals surface area contributed by atoms with Crippen LogP contribution in [0.4, 0.5) is 0 Å². The van der Waals surface area contributed by atoms with Crippen molar-refractivity contribution in [3.63, 3.8) is 0 Å². The lowest BCUT2D eigenvalue weighted by Crippen LogP contribution is -2.41. The van der Waals surface area contributed by atoms with Crippen molar-refractivity contribution >= 4 is 43.8 Å². The minimum absolute atomic E-state index is 0.108. The van der Waals surface area contributed by atoms with Crippen LogP contribution in [-0.2, 0) is 4.79 Å². The maximum absolute atomic E-state index is 12.4. The van der Waals surface area contributed by atoms with Gasteiger partial charge >= 0.3 is 0 Å². The van der Waals surface area contributed by atoms with E-state index in [0.717, 1.165) is 33.8 Å². The number of methoxy groups -OCH3 is 1. The lowest BCUT2D eigenvalue weighted by atomic mass is 9.86. The molecule has 0 spiro atoms. The molecule has 1 aromatic rings. The van der Waals surface area contributed by atoms with Gasteiger partial charge in [-0.05, 0) is 74.4 Å². The van der Waals surface area contributed by atoms with E-state index in [4.69, 9.17) is 4.74 Å². The number of carbonyl (C=O) groups excluding carboxylic acids is 1. The number of nitriles is 1. The number of halogens is 2. The third kappa shape index (κ3) is 4.61. The summed E-state index contributed by atoms with van der Waals surface area (Å²) in [5.41, 5.74) is 0.856. The first-order valence-corrected chi connectivity index (χ1v) is 9.50. The van der Waals surface area contributed by atoms with Crippen molar-refractivity contribution < 1.29 is 9.53 Å². The normalized spacial score (nSPS) is 21.0. The van der Waals surface area contributed by atoms with Crippen molar-refractivity contribution in [2.75, 3.05) is 7.11 Å². The van der Waals surface area contributed by atoms with E-state index in [1.165, 1.54) is 6.42 Å². The molecule has 0 saturated heterocycles. The van der Waals surface area contributed by atoms with Crippen molar-refractivity contribution in [3.8, 4) is 11.8 Å². The van der Waals surface area contributed by atoms with Crippen LogP contribution in [0.1, 0.15) is 38.2 Å². The van der Waals surface area contributed by atoms with Crippen LogP contribution >= 0.6 is 31.9 Å². The maximum atomic E-state index is 12.4. The molecule has 24 heavy (non-hydrogen) atoms. The van der Waals surface area contributed by atoms with Crippen molar-refractivity contribution in [2.45, 2.75) is 38.6 Å². The van der Waals surface area contributed by atoms with Gasteiger partial charge in [0.15, 0.2) is 0 Å². The van der Waals surface area contributed by atoms with Crippen LogP contribution in [-0.4, -0.2) is 19.1 Å². The summed E-state index contributed by atoms with van der Waals surface area (Å²) in [6, 6.07) is 5.79. The molecule has 0 bridgehead atoms. The van der Waals surface area contributed by atoms with Gasteiger partial charge in [0.05, 0.1) is 16.1 Å². The van der Waals surface area contributed by atoms with Gasteiger partial charge < -0.3 is 10.1 Å². The summed E-state index contributed by atoms with van der Waals surface area (Å²) >= 11 is 6.85. The molecule has 2 unspecified atom stereocenters. The highest BCUT2D eigenvalue weighted by Gasteiger charge is 2.24. The van der Waals surface area contributed by atoms with Crippen LogP contribution in [0.2, 0.25) is 0 Å². The van der Waals surface area contributed by atoms with E-state index < -0.39 is 0 Å². The fourth-order valence-electron chi connectivity index (χ4n) is 2.95. The highest BCUT2D eigenvalue weighted by molar-refractivity contribution is 9.11. The second kappa shape index (κ2) is 8.68. The summed E-state index contributed by atoms with van der Waals surface area (Å²) in [5, 5.41) is 12.4. The van der Waals surface area contributed by atoms with Crippen LogP contribution in [0.15, 0.2) is 26.7 Å². The molecule has 4 nitrogen and oxygen atoms in total. The lowest BCUT2D eigenvalue weighted by molar-refractivity contribution is -0.118. The number of hydrogen-bond donors (Lipinski definition) is 1. The number of nitrogens with zero attached hydrogens (tertiary/aromatic N) is 1. The maximum Gasteiger partial charge on any atom is 0.262 e. The zero-order valence-corrected chi connectivity index (χ0v) is 16.9. The quantitative estimate of drug-likeness (QED) is 0.522. The predicted octanol–water partition coefficient (Wildman–Crippen LogP) is 4.82. The van der Waals surface area contributed by atoms with E-state index in [9.17, 15) is 10.1 Å². The molecule has 1 saturated carbocycles. The fourth-order valence-corrected chi connectivity index (χ4v) is 4.50. The van der Waals surface area contributed by atoms with Crippen LogP contribution in [0.25, 0.3) is 6.08 Å². The topological polar surface area (TPSA) is 62.1 Å². The van der Waals surface area contributed by atoms with E-state index >= 15 is 0 Å². The SMILES string of the molecule is COc1c(Br)cc(/C=C(\C#N)C(=O)NC2CCCCC2C)cc1Br. The third-order valence-corrected chi connectivity index (χ3v) is 5.51. The number of carbonyl (C=O) groups is 1. The molecule has 1 amide bonds. The summed E-state index contributed by atoms with van der Waals surface area (Å²) < 4.78 is 6.77. The summed E-state index contributed by atoms with van der Waals surface area (Å²) in [6.45, 7) is 2.15. The predicted molar refractivity (Wildman–Crippen MR) is 102 cm³/mol. The first-order chi connectivity index (χ1) is 11.5. The van der Waals surface area contributed by atoms with Crippen LogP contribution in [0.5, 0.6) is 5.75 Å². The number of benzene rings is 1.